The van der Waals surface area contributed by atoms with E-state index in [0.717, 1.165) is 31.0 Å². The molecule has 0 bridgehead atoms. The third-order valence-corrected chi connectivity index (χ3v) is 4.42. The summed E-state index contributed by atoms with van der Waals surface area (Å²) in [6, 6.07) is 12.4. The lowest BCUT2D eigenvalue weighted by Gasteiger charge is -2.35. The highest BCUT2D eigenvalue weighted by molar-refractivity contribution is 5.37. The van der Waals surface area contributed by atoms with Gasteiger partial charge in [0.25, 0.3) is 0 Å². The zero-order chi connectivity index (χ0) is 15.9. The van der Waals surface area contributed by atoms with Crippen molar-refractivity contribution in [2.24, 2.45) is 0 Å². The summed E-state index contributed by atoms with van der Waals surface area (Å²) in [6.45, 7) is 2.21. The Labute approximate surface area is 137 Å². The summed E-state index contributed by atoms with van der Waals surface area (Å²) in [7, 11) is 0. The molecule has 0 radical (unpaired) electrons. The minimum Gasteiger partial charge on any atom is -0.455 e. The number of aliphatic hydroxyl groups excluding tert-OH is 1. The smallest absolute Gasteiger partial charge is 0.145 e. The molecule has 0 spiro atoms. The number of benzene rings is 1. The van der Waals surface area contributed by atoms with Crippen LogP contribution in [0.3, 0.4) is 0 Å². The van der Waals surface area contributed by atoms with Gasteiger partial charge in [0.05, 0.1) is 6.20 Å². The molecule has 1 aliphatic rings. The second-order valence-electron chi connectivity index (χ2n) is 6.03. The van der Waals surface area contributed by atoms with Crippen LogP contribution in [0.2, 0.25) is 0 Å². The van der Waals surface area contributed by atoms with Crippen molar-refractivity contribution in [3.63, 3.8) is 0 Å². The van der Waals surface area contributed by atoms with Gasteiger partial charge in [-0.1, -0.05) is 24.6 Å². The summed E-state index contributed by atoms with van der Waals surface area (Å²) in [5, 5.41) is 9.29. The first-order valence-electron chi connectivity index (χ1n) is 8.37. The third-order valence-electron chi connectivity index (χ3n) is 4.42. The van der Waals surface area contributed by atoms with Gasteiger partial charge in [-0.3, -0.25) is 9.88 Å². The number of hydrogen-bond donors (Lipinski definition) is 1. The minimum absolute atomic E-state index is 0.259. The highest BCUT2D eigenvalue weighted by atomic mass is 16.5. The molecule has 1 saturated heterocycles. The molecule has 1 fully saturated rings. The van der Waals surface area contributed by atoms with E-state index in [0.29, 0.717) is 6.04 Å². The van der Waals surface area contributed by atoms with Gasteiger partial charge in [-0.15, -0.1) is 0 Å². The van der Waals surface area contributed by atoms with Gasteiger partial charge < -0.3 is 9.84 Å². The van der Waals surface area contributed by atoms with Crippen molar-refractivity contribution >= 4 is 0 Å². The molecule has 1 N–H and O–H groups in total. The Morgan fingerprint density at radius 3 is 2.91 bits per heavy atom. The lowest BCUT2D eigenvalue weighted by molar-refractivity contribution is 0.112. The number of ether oxygens (including phenoxy) is 1. The molecular formula is C19H24N2O2. The number of para-hydroxylation sites is 1. The van der Waals surface area contributed by atoms with Crippen molar-refractivity contribution < 1.29 is 9.84 Å². The molecular weight excluding hydrogens is 288 g/mol. The first-order valence-corrected chi connectivity index (χ1v) is 8.37. The number of pyridine rings is 1. The van der Waals surface area contributed by atoms with Gasteiger partial charge in [0.1, 0.15) is 11.5 Å². The van der Waals surface area contributed by atoms with Crippen LogP contribution in [-0.2, 0) is 6.54 Å². The van der Waals surface area contributed by atoms with E-state index in [9.17, 15) is 5.11 Å². The van der Waals surface area contributed by atoms with Gasteiger partial charge in [0, 0.05) is 31.0 Å². The summed E-state index contributed by atoms with van der Waals surface area (Å²) >= 11 is 0. The Balaban J connectivity index is 1.74. The fraction of sp³-hybridized carbons (Fsp3) is 0.421. The van der Waals surface area contributed by atoms with Crippen molar-refractivity contribution in [1.29, 1.82) is 0 Å². The summed E-state index contributed by atoms with van der Waals surface area (Å²) in [4.78, 5) is 6.58. The van der Waals surface area contributed by atoms with Gasteiger partial charge in [0.2, 0.25) is 0 Å². The topological polar surface area (TPSA) is 45.6 Å². The van der Waals surface area contributed by atoms with Crippen LogP contribution in [0.5, 0.6) is 11.5 Å². The molecule has 0 aliphatic carbocycles. The molecule has 4 heteroatoms. The quantitative estimate of drug-likeness (QED) is 0.885. The Morgan fingerprint density at radius 2 is 2.09 bits per heavy atom. The maximum atomic E-state index is 9.29. The largest absolute Gasteiger partial charge is 0.455 e. The number of likely N-dealkylation sites (tertiary alicyclic amines) is 1. The van der Waals surface area contributed by atoms with Crippen molar-refractivity contribution in [2.45, 2.75) is 38.3 Å². The molecule has 1 atom stereocenters. The molecule has 1 aromatic carbocycles. The molecule has 3 rings (SSSR count). The molecule has 0 saturated carbocycles. The minimum atomic E-state index is 0.259. The van der Waals surface area contributed by atoms with Gasteiger partial charge in [-0.05, 0) is 44.0 Å². The maximum absolute atomic E-state index is 9.29. The summed E-state index contributed by atoms with van der Waals surface area (Å²) in [5.74, 6) is 1.64. The van der Waals surface area contributed by atoms with E-state index in [2.05, 4.69) is 22.0 Å². The van der Waals surface area contributed by atoms with Gasteiger partial charge in [0.15, 0.2) is 0 Å². The molecule has 1 aliphatic heterocycles. The lowest BCUT2D eigenvalue weighted by atomic mass is 9.98. The van der Waals surface area contributed by atoms with E-state index in [1.807, 2.05) is 24.3 Å². The van der Waals surface area contributed by atoms with Crippen molar-refractivity contribution in [3.8, 4) is 11.5 Å². The Morgan fingerprint density at radius 1 is 1.17 bits per heavy atom. The maximum Gasteiger partial charge on any atom is 0.145 e. The number of aliphatic hydroxyl groups is 1. The van der Waals surface area contributed by atoms with E-state index in [-0.39, 0.29) is 6.61 Å². The van der Waals surface area contributed by atoms with Gasteiger partial charge in [-0.25, -0.2) is 0 Å². The molecule has 122 valence electrons. The van der Waals surface area contributed by atoms with Crippen LogP contribution in [0, 0.1) is 0 Å². The normalized spacial score (nSPS) is 18.7. The first-order chi connectivity index (χ1) is 11.4. The molecule has 4 nitrogen and oxygen atoms in total. The van der Waals surface area contributed by atoms with Crippen LogP contribution in [0.25, 0.3) is 0 Å². The second-order valence-corrected chi connectivity index (χ2v) is 6.03. The van der Waals surface area contributed by atoms with Crippen molar-refractivity contribution in [3.05, 3.63) is 54.4 Å². The first kappa shape index (κ1) is 16.0. The van der Waals surface area contributed by atoms with Crippen molar-refractivity contribution in [2.75, 3.05) is 13.2 Å². The molecule has 1 aromatic heterocycles. The second kappa shape index (κ2) is 8.09. The van der Waals surface area contributed by atoms with Crippen LogP contribution < -0.4 is 4.74 Å². The summed E-state index contributed by atoms with van der Waals surface area (Å²) in [6.07, 6.45) is 7.98. The number of nitrogens with zero attached hydrogens (tertiary/aromatic N) is 2. The van der Waals surface area contributed by atoms with Crippen LogP contribution >= 0.6 is 0 Å². The number of aromatic nitrogens is 1. The Bertz CT molecular complexity index is 601. The third kappa shape index (κ3) is 4.30. The number of hydrogen-bond acceptors (Lipinski definition) is 4. The van der Waals surface area contributed by atoms with E-state index in [4.69, 9.17) is 4.74 Å². The zero-order valence-electron chi connectivity index (χ0n) is 13.4. The highest BCUT2D eigenvalue weighted by Gasteiger charge is 2.22. The van der Waals surface area contributed by atoms with E-state index in [1.165, 1.54) is 24.8 Å². The monoisotopic (exact) mass is 312 g/mol. The average Bonchev–Trinajstić information content (AvgIpc) is 2.59. The summed E-state index contributed by atoms with van der Waals surface area (Å²) in [5.41, 5.74) is 1.18. The summed E-state index contributed by atoms with van der Waals surface area (Å²) < 4.78 is 6.01. The Hall–Kier alpha value is -1.91. The van der Waals surface area contributed by atoms with Crippen molar-refractivity contribution in [1.82, 2.24) is 9.88 Å². The van der Waals surface area contributed by atoms with E-state index in [1.54, 1.807) is 12.4 Å². The average molecular weight is 312 g/mol. The number of piperidine rings is 1. The van der Waals surface area contributed by atoms with Crippen LogP contribution in [0.15, 0.2) is 48.8 Å². The fourth-order valence-corrected chi connectivity index (χ4v) is 3.23. The Kier molecular flexibility index (Phi) is 5.61. The molecule has 1 unspecified atom stereocenters. The van der Waals surface area contributed by atoms with E-state index < -0.39 is 0 Å². The van der Waals surface area contributed by atoms with Crippen LogP contribution in [-0.4, -0.2) is 34.2 Å². The molecule has 23 heavy (non-hydrogen) atoms. The fourth-order valence-electron chi connectivity index (χ4n) is 3.23. The highest BCUT2D eigenvalue weighted by Crippen LogP contribution is 2.28. The molecule has 2 aromatic rings. The predicted octanol–water partition coefficient (Wildman–Crippen LogP) is 3.61. The van der Waals surface area contributed by atoms with Crippen LogP contribution in [0.1, 0.15) is 31.2 Å². The molecule has 0 amide bonds. The SMILES string of the molecule is OCCC1CCCCN1Cc1ccccc1Oc1cccnc1. The standard InChI is InChI=1S/C19H24N2O2/c22-13-10-17-7-3-4-12-21(17)15-16-6-1-2-9-19(16)23-18-8-5-11-20-14-18/h1-2,5-6,8-9,11,14,17,22H,3-4,7,10,12-13,15H2. The lowest BCUT2D eigenvalue weighted by Crippen LogP contribution is -2.39. The van der Waals surface area contributed by atoms with Gasteiger partial charge in [-0.2, -0.15) is 0 Å². The van der Waals surface area contributed by atoms with Gasteiger partial charge >= 0.3 is 0 Å². The van der Waals surface area contributed by atoms with Crippen LogP contribution in [0.4, 0.5) is 0 Å². The predicted molar refractivity (Wildman–Crippen MR) is 90.5 cm³/mol. The van der Waals surface area contributed by atoms with E-state index >= 15 is 0 Å². The molecule has 2 heterocycles. The number of rotatable bonds is 6. The zero-order valence-corrected chi connectivity index (χ0v) is 13.4.